The van der Waals surface area contributed by atoms with Crippen LogP contribution in [0.25, 0.3) is 0 Å². The van der Waals surface area contributed by atoms with E-state index < -0.39 is 8.80 Å². The Morgan fingerprint density at radius 3 is 2.09 bits per heavy atom. The topological polar surface area (TPSA) is 46.2 Å². The maximum Gasteiger partial charge on any atom is 0.506 e. The molecule has 0 radical (unpaired) electrons. The van der Waals surface area contributed by atoms with Gasteiger partial charge in [0.05, 0.1) is 6.61 Å². The monoisotopic (exact) mass is 352 g/mol. The van der Waals surface area contributed by atoms with Gasteiger partial charge in [-0.05, 0) is 46.3 Å². The number of rotatable bonds is 12. The molecule has 132 valence electrons. The summed E-state index contributed by atoms with van der Waals surface area (Å²) in [5.41, 5.74) is 0.354. The Labute approximate surface area is 140 Å². The molecule has 0 aromatic carbocycles. The molecule has 0 N–H and O–H groups in total. The summed E-state index contributed by atoms with van der Waals surface area (Å²) >= 11 is 1.87. The van der Waals surface area contributed by atoms with Gasteiger partial charge in [0.2, 0.25) is 0 Å². The molecule has 22 heavy (non-hydrogen) atoms. The lowest BCUT2D eigenvalue weighted by Gasteiger charge is -2.33. The van der Waals surface area contributed by atoms with Crippen LogP contribution in [0, 0.1) is 0 Å². The molecule has 0 amide bonds. The minimum absolute atomic E-state index is 0.0784. The Kier molecular flexibility index (Phi) is 10.2. The predicted octanol–water partition coefficient (Wildman–Crippen LogP) is 3.66. The van der Waals surface area contributed by atoms with Crippen LogP contribution in [-0.2, 0) is 22.8 Å². The van der Waals surface area contributed by atoms with Crippen LogP contribution in [0.1, 0.15) is 47.5 Å². The first kappa shape index (κ1) is 20.4. The smallest absolute Gasteiger partial charge is 0.374 e. The van der Waals surface area contributed by atoms with Crippen molar-refractivity contribution in [3.8, 4) is 0 Å². The highest BCUT2D eigenvalue weighted by Gasteiger charge is 2.47. The molecule has 0 aromatic heterocycles. The van der Waals surface area contributed by atoms with Gasteiger partial charge in [-0.1, -0.05) is 6.92 Å². The SMILES string of the molecule is CCO[Si](OCC)(OCC)C(C)COC(C)OC1CCCS1. The summed E-state index contributed by atoms with van der Waals surface area (Å²) in [7, 11) is -2.70. The average Bonchev–Trinajstić information content (AvgIpc) is 2.98. The Morgan fingerprint density at radius 1 is 1.05 bits per heavy atom. The zero-order valence-electron chi connectivity index (χ0n) is 14.6. The molecule has 1 aliphatic rings. The molecule has 1 saturated heterocycles. The van der Waals surface area contributed by atoms with E-state index >= 15 is 0 Å². The van der Waals surface area contributed by atoms with Crippen LogP contribution in [0.2, 0.25) is 5.54 Å². The Balaban J connectivity index is 2.47. The highest BCUT2D eigenvalue weighted by molar-refractivity contribution is 8.00. The standard InChI is InChI=1S/C15H32O5SSi/c1-6-17-22(18-7-2,19-8-3)13(4)12-16-14(5)20-15-10-9-11-21-15/h13-15H,6-12H2,1-5H3. The van der Waals surface area contributed by atoms with E-state index in [1.54, 1.807) is 0 Å². The third-order valence-electron chi connectivity index (χ3n) is 3.45. The van der Waals surface area contributed by atoms with Gasteiger partial charge in [0.1, 0.15) is 5.44 Å². The second-order valence-electron chi connectivity index (χ2n) is 5.28. The van der Waals surface area contributed by atoms with E-state index in [-0.39, 0.29) is 17.3 Å². The normalized spacial score (nSPS) is 22.0. The summed E-state index contributed by atoms with van der Waals surface area (Å²) < 4.78 is 29.5. The molecular formula is C15H32O5SSi. The highest BCUT2D eigenvalue weighted by atomic mass is 32.2. The molecule has 1 fully saturated rings. The lowest BCUT2D eigenvalue weighted by Crippen LogP contribution is -2.51. The largest absolute Gasteiger partial charge is 0.506 e. The number of ether oxygens (including phenoxy) is 2. The highest BCUT2D eigenvalue weighted by Crippen LogP contribution is 2.29. The van der Waals surface area contributed by atoms with E-state index in [0.29, 0.717) is 26.4 Å². The van der Waals surface area contributed by atoms with Crippen LogP contribution in [0.5, 0.6) is 0 Å². The first-order valence-electron chi connectivity index (χ1n) is 8.38. The first-order valence-corrected chi connectivity index (χ1v) is 11.2. The summed E-state index contributed by atoms with van der Waals surface area (Å²) in [5.74, 6) is 1.18. The van der Waals surface area contributed by atoms with Crippen molar-refractivity contribution in [2.45, 2.75) is 64.7 Å². The van der Waals surface area contributed by atoms with Crippen molar-refractivity contribution >= 4 is 20.6 Å². The van der Waals surface area contributed by atoms with Gasteiger partial charge in [0.25, 0.3) is 0 Å². The zero-order chi connectivity index (χ0) is 16.4. The molecule has 0 aliphatic carbocycles. The number of hydrogen-bond donors (Lipinski definition) is 0. The number of hydrogen-bond acceptors (Lipinski definition) is 6. The maximum atomic E-state index is 5.91. The van der Waals surface area contributed by atoms with E-state index in [1.807, 2.05) is 39.5 Å². The van der Waals surface area contributed by atoms with Crippen LogP contribution < -0.4 is 0 Å². The van der Waals surface area contributed by atoms with Gasteiger partial charge in [0.15, 0.2) is 6.29 Å². The van der Waals surface area contributed by atoms with Crippen LogP contribution in [0.3, 0.4) is 0 Å². The van der Waals surface area contributed by atoms with Crippen LogP contribution in [0.15, 0.2) is 0 Å². The zero-order valence-corrected chi connectivity index (χ0v) is 16.4. The summed E-state index contributed by atoms with van der Waals surface area (Å²) in [6.07, 6.45) is 2.13. The molecule has 0 saturated carbocycles. The van der Waals surface area contributed by atoms with E-state index in [0.717, 1.165) is 6.42 Å². The molecule has 3 atom stereocenters. The maximum absolute atomic E-state index is 5.91. The van der Waals surface area contributed by atoms with E-state index in [2.05, 4.69) is 6.92 Å². The lowest BCUT2D eigenvalue weighted by molar-refractivity contribution is -0.141. The van der Waals surface area contributed by atoms with Gasteiger partial charge >= 0.3 is 8.80 Å². The van der Waals surface area contributed by atoms with E-state index in [9.17, 15) is 0 Å². The first-order chi connectivity index (χ1) is 10.6. The van der Waals surface area contributed by atoms with Gasteiger partial charge in [-0.3, -0.25) is 0 Å². The van der Waals surface area contributed by atoms with Crippen molar-refractivity contribution in [1.29, 1.82) is 0 Å². The average molecular weight is 353 g/mol. The Hall–Kier alpha value is 0.367. The van der Waals surface area contributed by atoms with Crippen molar-refractivity contribution < 1.29 is 22.8 Å². The third kappa shape index (κ3) is 6.47. The van der Waals surface area contributed by atoms with Gasteiger partial charge < -0.3 is 22.8 Å². The molecule has 3 unspecified atom stereocenters. The van der Waals surface area contributed by atoms with Gasteiger partial charge in [-0.2, -0.15) is 0 Å². The van der Waals surface area contributed by atoms with Crippen molar-refractivity contribution in [3.05, 3.63) is 0 Å². The van der Waals surface area contributed by atoms with Gasteiger partial charge in [0, 0.05) is 25.4 Å². The fourth-order valence-corrected chi connectivity index (χ4v) is 6.22. The second-order valence-corrected chi connectivity index (χ2v) is 9.61. The third-order valence-corrected chi connectivity index (χ3v) is 8.14. The molecule has 0 spiro atoms. The van der Waals surface area contributed by atoms with Gasteiger partial charge in [-0.15, -0.1) is 11.8 Å². The molecular weight excluding hydrogens is 320 g/mol. The Bertz CT molecular complexity index is 272. The van der Waals surface area contributed by atoms with E-state index in [4.69, 9.17) is 22.8 Å². The minimum Gasteiger partial charge on any atom is -0.374 e. The van der Waals surface area contributed by atoms with Crippen molar-refractivity contribution in [2.75, 3.05) is 32.2 Å². The predicted molar refractivity (Wildman–Crippen MR) is 92.0 cm³/mol. The Morgan fingerprint density at radius 2 is 1.64 bits per heavy atom. The molecule has 7 heteroatoms. The van der Waals surface area contributed by atoms with Crippen molar-refractivity contribution in [1.82, 2.24) is 0 Å². The fourth-order valence-electron chi connectivity index (χ4n) is 2.45. The summed E-state index contributed by atoms with van der Waals surface area (Å²) in [6, 6.07) is 0. The molecule has 1 heterocycles. The minimum atomic E-state index is -2.70. The fraction of sp³-hybridized carbons (Fsp3) is 1.00. The van der Waals surface area contributed by atoms with Gasteiger partial charge in [-0.25, -0.2) is 0 Å². The van der Waals surface area contributed by atoms with Crippen molar-refractivity contribution in [2.24, 2.45) is 0 Å². The van der Waals surface area contributed by atoms with Crippen LogP contribution in [-0.4, -0.2) is 52.7 Å². The molecule has 0 aromatic rings. The van der Waals surface area contributed by atoms with Crippen LogP contribution >= 0.6 is 11.8 Å². The van der Waals surface area contributed by atoms with Crippen molar-refractivity contribution in [3.63, 3.8) is 0 Å². The quantitative estimate of drug-likeness (QED) is 0.395. The summed E-state index contributed by atoms with van der Waals surface area (Å²) in [4.78, 5) is 0. The summed E-state index contributed by atoms with van der Waals surface area (Å²) in [5, 5.41) is 0. The number of thioether (sulfide) groups is 1. The lowest BCUT2D eigenvalue weighted by atomic mass is 10.4. The molecule has 1 rings (SSSR count). The van der Waals surface area contributed by atoms with Crippen LogP contribution in [0.4, 0.5) is 0 Å². The van der Waals surface area contributed by atoms with E-state index in [1.165, 1.54) is 12.2 Å². The summed E-state index contributed by atoms with van der Waals surface area (Å²) in [6.45, 7) is 12.2. The second kappa shape index (κ2) is 11.0. The molecule has 1 aliphatic heterocycles. The molecule has 5 nitrogen and oxygen atoms in total. The molecule has 0 bridgehead atoms.